The van der Waals surface area contributed by atoms with E-state index in [-0.39, 0.29) is 0 Å². The van der Waals surface area contributed by atoms with Gasteiger partial charge in [-0.25, -0.2) is 19.2 Å². The molecule has 4 N–H and O–H groups in total. The van der Waals surface area contributed by atoms with Gasteiger partial charge in [0.05, 0.1) is 0 Å². The van der Waals surface area contributed by atoms with Gasteiger partial charge in [-0.05, 0) is 0 Å². The van der Waals surface area contributed by atoms with Gasteiger partial charge in [-0.3, -0.25) is 0 Å². The van der Waals surface area contributed by atoms with E-state index in [4.69, 9.17) is 20.4 Å². The highest BCUT2D eigenvalue weighted by molar-refractivity contribution is 5.86. The topological polar surface area (TPSA) is 168 Å². The summed E-state index contributed by atoms with van der Waals surface area (Å²) in [5.41, 5.74) is 0. The first-order valence-corrected chi connectivity index (χ1v) is 3.50. The third-order valence-electron chi connectivity index (χ3n) is 1.22. The summed E-state index contributed by atoms with van der Waals surface area (Å²) in [5, 5.41) is 33.1. The Morgan fingerprint density at radius 1 is 0.688 bits per heavy atom. The third-order valence-corrected chi connectivity index (χ3v) is 1.22. The number of carbonyl (C=O) groups is 4. The number of aliphatic carboxylic acids is 2. The molecule has 0 spiro atoms. The molecule has 0 fully saturated rings. The first-order valence-electron chi connectivity index (χ1n) is 3.50. The van der Waals surface area contributed by atoms with E-state index >= 15 is 0 Å². The molecule has 2 unspecified atom stereocenters. The average molecular weight is 238 g/mol. The van der Waals surface area contributed by atoms with Crippen molar-refractivity contribution in [3.05, 3.63) is 0 Å². The molecule has 2 atom stereocenters. The van der Waals surface area contributed by atoms with Gasteiger partial charge in [0.15, 0.2) is 0 Å². The van der Waals surface area contributed by atoms with Crippen LogP contribution in [-0.4, -0.2) is 56.9 Å². The summed E-state index contributed by atoms with van der Waals surface area (Å²) in [4.78, 5) is 41.0. The summed E-state index contributed by atoms with van der Waals surface area (Å²) in [6.45, 7) is 0. The van der Waals surface area contributed by atoms with Crippen LogP contribution in [0.1, 0.15) is 0 Å². The van der Waals surface area contributed by atoms with Crippen molar-refractivity contribution < 1.29 is 49.1 Å². The molecule has 0 heterocycles. The Labute approximate surface area is 86.6 Å². The third kappa shape index (κ3) is 4.13. The Morgan fingerprint density at radius 3 is 1.06 bits per heavy atom. The maximum absolute atomic E-state index is 10.4. The first-order chi connectivity index (χ1) is 7.25. The predicted molar refractivity (Wildman–Crippen MR) is 41.1 cm³/mol. The fourth-order valence-corrected chi connectivity index (χ4v) is 0.701. The van der Waals surface area contributed by atoms with Crippen LogP contribution >= 0.6 is 0 Å². The molecule has 0 saturated carbocycles. The molecule has 90 valence electrons. The maximum atomic E-state index is 10.4. The number of carboxylic acids is 2. The lowest BCUT2D eigenvalue weighted by Crippen LogP contribution is -2.45. The van der Waals surface area contributed by atoms with Crippen LogP contribution in [-0.2, 0) is 19.1 Å². The molecular weight excluding hydrogens is 232 g/mol. The summed E-state index contributed by atoms with van der Waals surface area (Å²) in [6, 6.07) is 0. The molecular formula is C6H6O10. The predicted octanol–water partition coefficient (Wildman–Crippen LogP) is -0.718. The molecule has 0 radical (unpaired) electrons. The molecule has 0 aliphatic carbocycles. The highest BCUT2D eigenvalue weighted by Crippen LogP contribution is 2.07. The molecule has 0 rings (SSSR count). The van der Waals surface area contributed by atoms with Crippen molar-refractivity contribution in [3.63, 3.8) is 0 Å². The lowest BCUT2D eigenvalue weighted by molar-refractivity contribution is -0.168. The number of ether oxygens (including phenoxy) is 2. The summed E-state index contributed by atoms with van der Waals surface area (Å²) >= 11 is 0. The van der Waals surface area contributed by atoms with Crippen LogP contribution in [0.5, 0.6) is 0 Å². The van der Waals surface area contributed by atoms with Crippen LogP contribution in [0, 0.1) is 0 Å². The number of carboxylic acid groups (broad SMARTS) is 4. The van der Waals surface area contributed by atoms with E-state index in [1.807, 2.05) is 0 Å². The normalized spacial score (nSPS) is 13.2. The van der Waals surface area contributed by atoms with E-state index in [1.165, 1.54) is 0 Å². The molecule has 0 aromatic heterocycles. The molecule has 10 nitrogen and oxygen atoms in total. The quantitative estimate of drug-likeness (QED) is 0.448. The van der Waals surface area contributed by atoms with Crippen LogP contribution in [0.4, 0.5) is 9.59 Å². The van der Waals surface area contributed by atoms with Crippen molar-refractivity contribution in [3.8, 4) is 0 Å². The summed E-state index contributed by atoms with van der Waals surface area (Å²) in [5.74, 6) is -3.98. The van der Waals surface area contributed by atoms with Crippen molar-refractivity contribution in [2.75, 3.05) is 0 Å². The van der Waals surface area contributed by atoms with Gasteiger partial charge in [0.1, 0.15) is 0 Å². The number of hydrogen-bond acceptors (Lipinski definition) is 6. The number of hydrogen-bond donors (Lipinski definition) is 4. The highest BCUT2D eigenvalue weighted by atomic mass is 16.7. The molecule has 0 aliphatic heterocycles. The smallest absolute Gasteiger partial charge is 0.478 e. The van der Waals surface area contributed by atoms with Gasteiger partial charge in [0.2, 0.25) is 12.2 Å². The summed E-state index contributed by atoms with van der Waals surface area (Å²) in [6.07, 6.45) is -9.11. The largest absolute Gasteiger partial charge is 0.506 e. The SMILES string of the molecule is O=C(O)OC(C(=O)O)C(OC(=O)O)C(=O)O. The fourth-order valence-electron chi connectivity index (χ4n) is 0.701. The Kier molecular flexibility index (Phi) is 4.54. The van der Waals surface area contributed by atoms with E-state index in [2.05, 4.69) is 9.47 Å². The second kappa shape index (κ2) is 5.38. The van der Waals surface area contributed by atoms with Crippen LogP contribution in [0.2, 0.25) is 0 Å². The Morgan fingerprint density at radius 2 is 0.938 bits per heavy atom. The fraction of sp³-hybridized carbons (Fsp3) is 0.333. The van der Waals surface area contributed by atoms with Gasteiger partial charge >= 0.3 is 24.2 Å². The monoisotopic (exact) mass is 238 g/mol. The second-order valence-corrected chi connectivity index (χ2v) is 2.29. The van der Waals surface area contributed by atoms with Crippen molar-refractivity contribution in [2.45, 2.75) is 12.2 Å². The Bertz CT molecular complexity index is 287. The summed E-state index contributed by atoms with van der Waals surface area (Å²) in [7, 11) is 0. The van der Waals surface area contributed by atoms with Crippen molar-refractivity contribution in [1.29, 1.82) is 0 Å². The lowest BCUT2D eigenvalue weighted by Gasteiger charge is -2.17. The van der Waals surface area contributed by atoms with Gasteiger partial charge in [-0.1, -0.05) is 0 Å². The standard InChI is InChI=1S/C6H6O10/c7-3(8)1(15-5(11)12)2(4(9)10)16-6(13)14/h1-2H,(H,7,8)(H,9,10)(H,11,12)(H,13,14). The van der Waals surface area contributed by atoms with Crippen LogP contribution in [0.3, 0.4) is 0 Å². The average Bonchev–Trinajstić information content (AvgIpc) is 2.09. The molecule has 0 saturated heterocycles. The maximum Gasteiger partial charge on any atom is 0.506 e. The molecule has 0 aromatic carbocycles. The zero-order valence-electron chi connectivity index (χ0n) is 7.39. The minimum Gasteiger partial charge on any atom is -0.478 e. The first kappa shape index (κ1) is 13.5. The zero-order chi connectivity index (χ0) is 12.9. The van der Waals surface area contributed by atoms with Gasteiger partial charge in [0, 0.05) is 0 Å². The van der Waals surface area contributed by atoms with Crippen LogP contribution < -0.4 is 0 Å². The van der Waals surface area contributed by atoms with Crippen molar-refractivity contribution >= 4 is 24.2 Å². The molecule has 10 heteroatoms. The van der Waals surface area contributed by atoms with Crippen LogP contribution in [0.25, 0.3) is 0 Å². The zero-order valence-corrected chi connectivity index (χ0v) is 7.39. The van der Waals surface area contributed by atoms with Gasteiger partial charge in [0.25, 0.3) is 0 Å². The molecule has 16 heavy (non-hydrogen) atoms. The molecule has 0 amide bonds. The molecule has 0 bridgehead atoms. The van der Waals surface area contributed by atoms with Gasteiger partial charge in [-0.2, -0.15) is 0 Å². The number of rotatable bonds is 5. The van der Waals surface area contributed by atoms with E-state index in [1.54, 1.807) is 0 Å². The minimum atomic E-state index is -2.48. The lowest BCUT2D eigenvalue weighted by atomic mass is 10.2. The molecule has 0 aromatic rings. The minimum absolute atomic E-state index is 1.99. The summed E-state index contributed by atoms with van der Waals surface area (Å²) < 4.78 is 7.37. The van der Waals surface area contributed by atoms with Gasteiger partial charge < -0.3 is 29.9 Å². The Hall–Kier alpha value is -2.52. The van der Waals surface area contributed by atoms with E-state index in [0.29, 0.717) is 0 Å². The molecule has 0 aliphatic rings. The van der Waals surface area contributed by atoms with E-state index in [0.717, 1.165) is 0 Å². The van der Waals surface area contributed by atoms with E-state index < -0.39 is 36.5 Å². The van der Waals surface area contributed by atoms with Crippen molar-refractivity contribution in [2.24, 2.45) is 0 Å². The van der Waals surface area contributed by atoms with Crippen LogP contribution in [0.15, 0.2) is 0 Å². The Balaban J connectivity index is 4.93. The van der Waals surface area contributed by atoms with E-state index in [9.17, 15) is 19.2 Å². The van der Waals surface area contributed by atoms with Gasteiger partial charge in [-0.15, -0.1) is 0 Å². The van der Waals surface area contributed by atoms with Crippen molar-refractivity contribution in [1.82, 2.24) is 0 Å². The second-order valence-electron chi connectivity index (χ2n) is 2.29. The highest BCUT2D eigenvalue weighted by Gasteiger charge is 2.40.